The number of carbonyl (C=O) groups is 1. The number of amides is 1. The third kappa shape index (κ3) is 3.55. The molecule has 1 fully saturated rings. The van der Waals surface area contributed by atoms with Gasteiger partial charge in [-0.1, -0.05) is 0 Å². The average molecular weight is 449 g/mol. The van der Waals surface area contributed by atoms with E-state index >= 15 is 0 Å². The molecule has 1 aliphatic rings. The molecule has 2 aromatic heterocycles. The highest BCUT2D eigenvalue weighted by Gasteiger charge is 2.24. The second-order valence-electron chi connectivity index (χ2n) is 6.54. The summed E-state index contributed by atoms with van der Waals surface area (Å²) in [6, 6.07) is 4.20. The summed E-state index contributed by atoms with van der Waals surface area (Å²) in [6.07, 6.45) is 5.04. The molecular weight excluding hydrogens is 431 g/mol. The van der Waals surface area contributed by atoms with Gasteiger partial charge in [0.2, 0.25) is 0 Å². The number of fused-ring (bicyclic) bond motifs is 1. The summed E-state index contributed by atoms with van der Waals surface area (Å²) in [5.74, 6) is 0.226. The Labute approximate surface area is 168 Å². The summed E-state index contributed by atoms with van der Waals surface area (Å²) in [7, 11) is 0. The summed E-state index contributed by atoms with van der Waals surface area (Å²) in [5.41, 5.74) is 1.11. The van der Waals surface area contributed by atoms with Gasteiger partial charge in [-0.3, -0.25) is 4.79 Å². The maximum atomic E-state index is 13.3. The lowest BCUT2D eigenvalue weighted by Gasteiger charge is -2.28. The first-order valence-corrected chi connectivity index (χ1v) is 10.4. The van der Waals surface area contributed by atoms with E-state index in [9.17, 15) is 9.18 Å². The Morgan fingerprint density at radius 3 is 2.78 bits per heavy atom. The maximum Gasteiger partial charge on any atom is 0.257 e. The zero-order chi connectivity index (χ0) is 19.0. The van der Waals surface area contributed by atoms with Gasteiger partial charge in [0, 0.05) is 22.4 Å². The Morgan fingerprint density at radius 2 is 2.04 bits per heavy atom. The topological polar surface area (TPSA) is 58.1 Å². The van der Waals surface area contributed by atoms with E-state index in [1.54, 1.807) is 12.4 Å². The van der Waals surface area contributed by atoms with Crippen molar-refractivity contribution in [1.29, 1.82) is 0 Å². The van der Waals surface area contributed by atoms with Crippen LogP contribution < -0.4 is 10.2 Å². The van der Waals surface area contributed by atoms with Crippen molar-refractivity contribution in [1.82, 2.24) is 9.97 Å². The summed E-state index contributed by atoms with van der Waals surface area (Å²) in [4.78, 5) is 25.9. The van der Waals surface area contributed by atoms with Crippen LogP contribution in [-0.2, 0) is 0 Å². The lowest BCUT2D eigenvalue weighted by atomic mass is 10.1. The van der Waals surface area contributed by atoms with Crippen LogP contribution in [0.3, 0.4) is 0 Å². The van der Waals surface area contributed by atoms with Crippen molar-refractivity contribution in [2.45, 2.75) is 26.2 Å². The number of halogens is 2. The first kappa shape index (κ1) is 18.3. The van der Waals surface area contributed by atoms with Crippen LogP contribution in [0.4, 0.5) is 15.9 Å². The third-order valence-electron chi connectivity index (χ3n) is 4.71. The molecule has 27 heavy (non-hydrogen) atoms. The van der Waals surface area contributed by atoms with Crippen molar-refractivity contribution < 1.29 is 9.18 Å². The smallest absolute Gasteiger partial charge is 0.257 e. The molecule has 0 bridgehead atoms. The Bertz CT molecular complexity index is 1020. The molecule has 8 heteroatoms. The van der Waals surface area contributed by atoms with E-state index in [-0.39, 0.29) is 11.7 Å². The lowest BCUT2D eigenvalue weighted by Crippen LogP contribution is -2.30. The van der Waals surface area contributed by atoms with E-state index in [4.69, 9.17) is 0 Å². The minimum atomic E-state index is -0.363. The van der Waals surface area contributed by atoms with Gasteiger partial charge < -0.3 is 10.2 Å². The van der Waals surface area contributed by atoms with Gasteiger partial charge in [0.25, 0.3) is 5.91 Å². The Hall–Kier alpha value is -2.06. The van der Waals surface area contributed by atoms with Gasteiger partial charge >= 0.3 is 0 Å². The molecule has 1 N–H and O–H groups in total. The molecule has 0 spiro atoms. The second kappa shape index (κ2) is 7.52. The van der Waals surface area contributed by atoms with Crippen molar-refractivity contribution in [2.75, 3.05) is 23.3 Å². The van der Waals surface area contributed by atoms with Crippen LogP contribution in [-0.4, -0.2) is 29.0 Å². The highest BCUT2D eigenvalue weighted by molar-refractivity contribution is 9.10. The number of anilines is 2. The predicted octanol–water partition coefficient (Wildman–Crippen LogP) is 5.14. The second-order valence-corrected chi connectivity index (χ2v) is 8.59. The van der Waals surface area contributed by atoms with Gasteiger partial charge in [0.15, 0.2) is 0 Å². The zero-order valence-corrected chi connectivity index (χ0v) is 17.2. The van der Waals surface area contributed by atoms with Gasteiger partial charge in [-0.2, -0.15) is 0 Å². The molecule has 0 aliphatic carbocycles. The molecule has 0 atom stereocenters. The van der Waals surface area contributed by atoms with Crippen molar-refractivity contribution in [2.24, 2.45) is 0 Å². The number of nitrogens with zero attached hydrogens (tertiary/aromatic N) is 3. The first-order valence-electron chi connectivity index (χ1n) is 8.80. The normalized spacial score (nSPS) is 14.6. The molecule has 0 unspecified atom stereocenters. The highest BCUT2D eigenvalue weighted by Crippen LogP contribution is 2.36. The molecule has 4 rings (SSSR count). The molecule has 1 saturated heterocycles. The standard InChI is InChI=1S/C19H18BrFN4OS/c1-11-15(18(26)24-14-6-5-12(21)9-13(14)20)16-17(22-10-23-19(16)27-11)25-7-3-2-4-8-25/h5-6,9-10H,2-4,7-8H2,1H3,(H,24,26). The largest absolute Gasteiger partial charge is 0.356 e. The summed E-state index contributed by atoms with van der Waals surface area (Å²) in [5, 5.41) is 3.69. The highest BCUT2D eigenvalue weighted by atomic mass is 79.9. The molecule has 1 aliphatic heterocycles. The monoisotopic (exact) mass is 448 g/mol. The van der Waals surface area contributed by atoms with Gasteiger partial charge in [-0.15, -0.1) is 11.3 Å². The van der Waals surface area contributed by atoms with Crippen molar-refractivity contribution in [3.63, 3.8) is 0 Å². The molecule has 1 amide bonds. The molecule has 140 valence electrons. The number of aryl methyl sites for hydroxylation is 1. The van der Waals surface area contributed by atoms with E-state index in [1.165, 1.54) is 29.9 Å². The molecule has 1 aromatic carbocycles. The van der Waals surface area contributed by atoms with Crippen LogP contribution in [0.2, 0.25) is 0 Å². The maximum absolute atomic E-state index is 13.3. The van der Waals surface area contributed by atoms with Crippen molar-refractivity contribution in [3.05, 3.63) is 45.3 Å². The number of thiophene rings is 1. The van der Waals surface area contributed by atoms with Crippen LogP contribution in [0, 0.1) is 12.7 Å². The van der Waals surface area contributed by atoms with E-state index in [0.717, 1.165) is 46.8 Å². The molecule has 5 nitrogen and oxygen atoms in total. The van der Waals surface area contributed by atoms with E-state index in [0.29, 0.717) is 15.7 Å². The SMILES string of the molecule is Cc1sc2ncnc(N3CCCCC3)c2c1C(=O)Nc1ccc(F)cc1Br. The Kier molecular flexibility index (Phi) is 5.10. The average Bonchev–Trinajstić information content (AvgIpc) is 3.00. The van der Waals surface area contributed by atoms with Crippen LogP contribution >= 0.6 is 27.3 Å². The summed E-state index contributed by atoms with van der Waals surface area (Å²) >= 11 is 4.79. The van der Waals surface area contributed by atoms with E-state index < -0.39 is 0 Å². The number of carbonyl (C=O) groups excluding carboxylic acids is 1. The molecular formula is C19H18BrFN4OS. The number of hydrogen-bond donors (Lipinski definition) is 1. The molecule has 3 heterocycles. The van der Waals surface area contributed by atoms with Crippen LogP contribution in [0.5, 0.6) is 0 Å². The van der Waals surface area contributed by atoms with Crippen molar-refractivity contribution >= 4 is 54.9 Å². The van der Waals surface area contributed by atoms with Crippen LogP contribution in [0.1, 0.15) is 34.5 Å². The van der Waals surface area contributed by atoms with Crippen LogP contribution in [0.15, 0.2) is 29.0 Å². The zero-order valence-electron chi connectivity index (χ0n) is 14.8. The van der Waals surface area contributed by atoms with Gasteiger partial charge in [-0.05, 0) is 60.3 Å². The Balaban J connectivity index is 1.76. The lowest BCUT2D eigenvalue weighted by molar-refractivity contribution is 0.102. The van der Waals surface area contributed by atoms with E-state index in [1.807, 2.05) is 6.92 Å². The van der Waals surface area contributed by atoms with Crippen LogP contribution in [0.25, 0.3) is 10.2 Å². The van der Waals surface area contributed by atoms with Gasteiger partial charge in [-0.25, -0.2) is 14.4 Å². The Morgan fingerprint density at radius 1 is 1.26 bits per heavy atom. The number of aromatic nitrogens is 2. The molecule has 3 aromatic rings. The minimum Gasteiger partial charge on any atom is -0.356 e. The fourth-order valence-corrected chi connectivity index (χ4v) is 4.86. The quantitative estimate of drug-likeness (QED) is 0.602. The fraction of sp³-hybridized carbons (Fsp3) is 0.316. The number of piperidine rings is 1. The predicted molar refractivity (Wildman–Crippen MR) is 110 cm³/mol. The fourth-order valence-electron chi connectivity index (χ4n) is 3.42. The summed E-state index contributed by atoms with van der Waals surface area (Å²) < 4.78 is 13.8. The van der Waals surface area contributed by atoms with E-state index in [2.05, 4.69) is 36.1 Å². The number of nitrogens with one attached hydrogen (secondary N) is 1. The van der Waals surface area contributed by atoms with Gasteiger partial charge in [0.05, 0.1) is 16.6 Å². The minimum absolute atomic E-state index is 0.237. The number of benzene rings is 1. The third-order valence-corrected chi connectivity index (χ3v) is 6.38. The number of hydrogen-bond acceptors (Lipinski definition) is 5. The van der Waals surface area contributed by atoms with Gasteiger partial charge in [0.1, 0.15) is 22.8 Å². The van der Waals surface area contributed by atoms with Crippen molar-refractivity contribution in [3.8, 4) is 0 Å². The number of rotatable bonds is 3. The molecule has 0 radical (unpaired) electrons. The molecule has 0 saturated carbocycles. The first-order chi connectivity index (χ1) is 13.0. The summed E-state index contributed by atoms with van der Waals surface area (Å²) in [6.45, 7) is 3.79.